The number of ether oxygens (including phenoxy) is 1. The van der Waals surface area contributed by atoms with Crippen molar-refractivity contribution < 1.29 is 13.9 Å². The summed E-state index contributed by atoms with van der Waals surface area (Å²) >= 11 is 11.7. The van der Waals surface area contributed by atoms with Crippen molar-refractivity contribution in [3.05, 3.63) is 53.0 Å². The van der Waals surface area contributed by atoms with Gasteiger partial charge in [-0.05, 0) is 24.6 Å². The van der Waals surface area contributed by atoms with Gasteiger partial charge in [0.05, 0.1) is 12.7 Å². The minimum atomic E-state index is -0.515. The molecule has 0 atom stereocenters. The number of carbonyl (C=O) groups is 1. The van der Waals surface area contributed by atoms with Gasteiger partial charge in [-0.15, -0.1) is 0 Å². The highest BCUT2D eigenvalue weighted by atomic mass is 35.5. The predicted molar refractivity (Wildman–Crippen MR) is 98.2 cm³/mol. The van der Waals surface area contributed by atoms with Gasteiger partial charge in [0.1, 0.15) is 5.17 Å². The summed E-state index contributed by atoms with van der Waals surface area (Å²) in [6, 6.07) is 4.39. The zero-order valence-corrected chi connectivity index (χ0v) is 15.6. The lowest BCUT2D eigenvalue weighted by Crippen LogP contribution is -2.27. The molecule has 24 heavy (non-hydrogen) atoms. The molecule has 0 aliphatic carbocycles. The Balaban J connectivity index is 0.00000254. The van der Waals surface area contributed by atoms with Gasteiger partial charge in [-0.2, -0.15) is 0 Å². The molecule has 0 heterocycles. The van der Waals surface area contributed by atoms with Crippen LogP contribution in [0.4, 0.5) is 4.39 Å². The standard InChI is InChI=1S/C15H15Cl2FN2O2.C2H6/c1-4-19-14(17)13(9(2)16)15(21)20-8-10-5-6-12(22-3)11(18)7-10;1-2/h4-7H,1,8H2,2-3H3,(H,20,21);1-2H3/b13-9-,19-14?;. The molecule has 0 saturated carbocycles. The van der Waals surface area contributed by atoms with Crippen molar-refractivity contribution in [2.45, 2.75) is 27.3 Å². The fourth-order valence-electron chi connectivity index (χ4n) is 1.63. The molecular weight excluding hydrogens is 354 g/mol. The molecule has 0 radical (unpaired) electrons. The number of halogens is 3. The first-order valence-corrected chi connectivity index (χ1v) is 7.97. The van der Waals surface area contributed by atoms with Crippen molar-refractivity contribution in [3.8, 4) is 5.75 Å². The summed E-state index contributed by atoms with van der Waals surface area (Å²) in [5, 5.41) is 2.72. The van der Waals surface area contributed by atoms with E-state index < -0.39 is 11.7 Å². The van der Waals surface area contributed by atoms with Crippen molar-refractivity contribution in [2.24, 2.45) is 4.99 Å². The van der Waals surface area contributed by atoms with Gasteiger partial charge in [0, 0.05) is 17.8 Å². The molecule has 0 fully saturated rings. The van der Waals surface area contributed by atoms with Crippen LogP contribution in [0.2, 0.25) is 0 Å². The molecule has 1 rings (SSSR count). The fraction of sp³-hybridized carbons (Fsp3) is 0.294. The third-order valence-corrected chi connectivity index (χ3v) is 3.13. The van der Waals surface area contributed by atoms with Crippen LogP contribution in [0, 0.1) is 5.82 Å². The van der Waals surface area contributed by atoms with Crippen LogP contribution < -0.4 is 10.1 Å². The van der Waals surface area contributed by atoms with E-state index in [2.05, 4.69) is 16.9 Å². The van der Waals surface area contributed by atoms with Gasteiger partial charge >= 0.3 is 0 Å². The van der Waals surface area contributed by atoms with Crippen LogP contribution in [0.15, 0.2) is 46.6 Å². The zero-order valence-electron chi connectivity index (χ0n) is 14.1. The molecule has 0 bridgehead atoms. The largest absolute Gasteiger partial charge is 0.494 e. The third kappa shape index (κ3) is 6.72. The maximum absolute atomic E-state index is 13.6. The lowest BCUT2D eigenvalue weighted by Gasteiger charge is -2.09. The monoisotopic (exact) mass is 374 g/mol. The highest BCUT2D eigenvalue weighted by molar-refractivity contribution is 6.73. The molecule has 0 spiro atoms. The summed E-state index contributed by atoms with van der Waals surface area (Å²) in [5.74, 6) is -0.891. The van der Waals surface area contributed by atoms with Crippen molar-refractivity contribution in [1.29, 1.82) is 0 Å². The molecule has 0 aromatic heterocycles. The van der Waals surface area contributed by atoms with Gasteiger partial charge in [-0.1, -0.05) is 49.7 Å². The van der Waals surface area contributed by atoms with Crippen LogP contribution >= 0.6 is 23.2 Å². The predicted octanol–water partition coefficient (Wildman–Crippen LogP) is 4.77. The van der Waals surface area contributed by atoms with Crippen LogP contribution in [0.1, 0.15) is 26.3 Å². The number of allylic oxidation sites excluding steroid dienone is 1. The van der Waals surface area contributed by atoms with Gasteiger partial charge in [0.25, 0.3) is 5.91 Å². The molecule has 1 amide bonds. The minimum Gasteiger partial charge on any atom is -0.494 e. The number of rotatable bonds is 6. The Kier molecular flexibility index (Phi) is 10.8. The number of carbonyl (C=O) groups excluding carboxylic acids is 1. The zero-order chi connectivity index (χ0) is 18.7. The minimum absolute atomic E-state index is 0.0391. The Bertz CT molecular complexity index is 639. The molecule has 7 heteroatoms. The quantitative estimate of drug-likeness (QED) is 0.575. The number of benzene rings is 1. The van der Waals surface area contributed by atoms with E-state index in [-0.39, 0.29) is 28.1 Å². The van der Waals surface area contributed by atoms with E-state index in [4.69, 9.17) is 27.9 Å². The summed E-state index contributed by atoms with van der Waals surface area (Å²) in [6.45, 7) is 9.02. The Hall–Kier alpha value is -1.85. The summed E-state index contributed by atoms with van der Waals surface area (Å²) in [6.07, 6.45) is 1.20. The lowest BCUT2D eigenvalue weighted by molar-refractivity contribution is -0.117. The van der Waals surface area contributed by atoms with Crippen LogP contribution in [0.5, 0.6) is 5.75 Å². The van der Waals surface area contributed by atoms with Crippen LogP contribution in [-0.2, 0) is 11.3 Å². The number of methoxy groups -OCH3 is 1. The van der Waals surface area contributed by atoms with Gasteiger partial charge in [0.2, 0.25) is 0 Å². The Morgan fingerprint density at radius 3 is 2.50 bits per heavy atom. The molecule has 0 aliphatic rings. The van der Waals surface area contributed by atoms with E-state index >= 15 is 0 Å². The third-order valence-electron chi connectivity index (χ3n) is 2.65. The molecule has 0 saturated heterocycles. The molecule has 132 valence electrons. The molecule has 1 N–H and O–H groups in total. The molecule has 0 unspecified atom stereocenters. The van der Waals surface area contributed by atoms with E-state index in [0.717, 1.165) is 0 Å². The van der Waals surface area contributed by atoms with E-state index in [9.17, 15) is 9.18 Å². The van der Waals surface area contributed by atoms with Crippen molar-refractivity contribution in [3.63, 3.8) is 0 Å². The van der Waals surface area contributed by atoms with Gasteiger partial charge in [-0.3, -0.25) is 4.79 Å². The second kappa shape index (κ2) is 11.6. The summed E-state index contributed by atoms with van der Waals surface area (Å²) in [4.78, 5) is 15.8. The van der Waals surface area contributed by atoms with Crippen LogP contribution in [0.25, 0.3) is 0 Å². The van der Waals surface area contributed by atoms with E-state index in [0.29, 0.717) is 5.56 Å². The first-order valence-electron chi connectivity index (χ1n) is 7.22. The van der Waals surface area contributed by atoms with E-state index in [1.54, 1.807) is 6.07 Å². The second-order valence-corrected chi connectivity index (χ2v) is 5.09. The average Bonchev–Trinajstić information content (AvgIpc) is 2.55. The highest BCUT2D eigenvalue weighted by Crippen LogP contribution is 2.18. The average molecular weight is 375 g/mol. The van der Waals surface area contributed by atoms with Gasteiger partial charge < -0.3 is 10.1 Å². The Morgan fingerprint density at radius 1 is 1.42 bits per heavy atom. The molecule has 0 aliphatic heterocycles. The van der Waals surface area contributed by atoms with Crippen molar-refractivity contribution in [2.75, 3.05) is 7.11 Å². The number of nitrogens with one attached hydrogen (secondary N) is 1. The maximum Gasteiger partial charge on any atom is 0.255 e. The number of nitrogens with zero attached hydrogens (tertiary/aromatic N) is 1. The summed E-state index contributed by atoms with van der Waals surface area (Å²) in [5.41, 5.74) is 0.604. The fourth-order valence-corrected chi connectivity index (χ4v) is 2.15. The second-order valence-electron chi connectivity index (χ2n) is 4.16. The summed E-state index contributed by atoms with van der Waals surface area (Å²) in [7, 11) is 1.38. The van der Waals surface area contributed by atoms with Crippen molar-refractivity contribution in [1.82, 2.24) is 5.32 Å². The smallest absolute Gasteiger partial charge is 0.255 e. The number of aliphatic imine (C=N–C) groups is 1. The maximum atomic E-state index is 13.6. The van der Waals surface area contributed by atoms with Crippen molar-refractivity contribution >= 4 is 34.3 Å². The number of hydrogen-bond acceptors (Lipinski definition) is 3. The Morgan fingerprint density at radius 2 is 2.04 bits per heavy atom. The Labute approximate surface area is 152 Å². The van der Waals surface area contributed by atoms with Crippen LogP contribution in [0.3, 0.4) is 0 Å². The first-order chi connectivity index (χ1) is 11.4. The summed E-state index contributed by atoms with van der Waals surface area (Å²) < 4.78 is 18.4. The van der Waals surface area contributed by atoms with E-state index in [1.165, 1.54) is 32.4 Å². The van der Waals surface area contributed by atoms with E-state index in [1.807, 2.05) is 13.8 Å². The van der Waals surface area contributed by atoms with Crippen LogP contribution in [-0.4, -0.2) is 18.2 Å². The molecule has 1 aromatic carbocycles. The van der Waals surface area contributed by atoms with Gasteiger partial charge in [-0.25, -0.2) is 9.38 Å². The first kappa shape index (κ1) is 22.1. The molecule has 1 aromatic rings. The molecular formula is C17H21Cl2FN2O2. The van der Waals surface area contributed by atoms with Gasteiger partial charge in [0.15, 0.2) is 11.6 Å². The SMILES string of the molecule is C=CN=C(Cl)/C(C(=O)NCc1ccc(OC)c(F)c1)=C(\C)Cl.CC. The lowest BCUT2D eigenvalue weighted by atomic mass is 10.2. The number of hydrogen-bond donors (Lipinski definition) is 1. The molecule has 4 nitrogen and oxygen atoms in total. The number of amides is 1. The normalized spacial score (nSPS) is 11.7. The highest BCUT2D eigenvalue weighted by Gasteiger charge is 2.17. The topological polar surface area (TPSA) is 50.7 Å².